The van der Waals surface area contributed by atoms with Crippen molar-refractivity contribution in [2.45, 2.75) is 51.3 Å². The predicted octanol–water partition coefficient (Wildman–Crippen LogP) is 5.46. The highest BCUT2D eigenvalue weighted by Gasteiger charge is 2.56. The summed E-state index contributed by atoms with van der Waals surface area (Å²) in [5.41, 5.74) is 2.12. The fourth-order valence-electron chi connectivity index (χ4n) is 4.16. The minimum Gasteiger partial charge on any atom is -0.444 e. The number of rotatable bonds is 2. The van der Waals surface area contributed by atoms with Gasteiger partial charge >= 0.3 is 6.09 Å². The molecule has 3 aromatic rings. The van der Waals surface area contributed by atoms with Gasteiger partial charge in [0.2, 0.25) is 0 Å². The summed E-state index contributed by atoms with van der Waals surface area (Å²) in [5.74, 6) is 1.36. The maximum Gasteiger partial charge on any atom is 0.411 e. The lowest BCUT2D eigenvalue weighted by atomic mass is 10.1. The smallest absolute Gasteiger partial charge is 0.411 e. The number of pyridine rings is 1. The Morgan fingerprint density at radius 1 is 1.24 bits per heavy atom. The summed E-state index contributed by atoms with van der Waals surface area (Å²) in [6.07, 6.45) is 3.54. The van der Waals surface area contributed by atoms with E-state index in [1.165, 1.54) is 0 Å². The number of H-pyrrole nitrogens is 1. The third kappa shape index (κ3) is 3.52. The van der Waals surface area contributed by atoms with E-state index in [-0.39, 0.29) is 18.2 Å². The van der Waals surface area contributed by atoms with Gasteiger partial charge in [0, 0.05) is 15.9 Å². The number of nitrogens with zero attached hydrogens (tertiary/aromatic N) is 3. The number of carbonyl (C=O) groups excluding carboxylic acids is 1. The number of aromatic nitrogens is 3. The number of imidazole rings is 1. The zero-order chi connectivity index (χ0) is 20.3. The quantitative estimate of drug-likeness (QED) is 0.557. The van der Waals surface area contributed by atoms with Gasteiger partial charge in [0.15, 0.2) is 0 Å². The van der Waals surface area contributed by atoms with Crippen molar-refractivity contribution in [3.8, 4) is 11.4 Å². The third-order valence-corrected chi connectivity index (χ3v) is 6.04. The number of likely N-dealkylation sites (tertiary alicyclic amines) is 1. The van der Waals surface area contributed by atoms with E-state index >= 15 is 0 Å². The van der Waals surface area contributed by atoms with Crippen LogP contribution in [0.5, 0.6) is 0 Å². The Morgan fingerprint density at radius 3 is 2.86 bits per heavy atom. The summed E-state index contributed by atoms with van der Waals surface area (Å²) in [4.78, 5) is 27.4. The third-order valence-electron chi connectivity index (χ3n) is 5.55. The number of halogens is 1. The SMILES string of the molecule is CC(C)(C)OC(=O)N1[C@@H]2C[C@@H]2C[C@H]1c1ncc(-c2ccc3cc(Br)ccc3n2)[nH]1. The van der Waals surface area contributed by atoms with Crippen LogP contribution in [0.3, 0.4) is 0 Å². The molecule has 6 nitrogen and oxygen atoms in total. The monoisotopic (exact) mass is 454 g/mol. The number of fused-ring (bicyclic) bond motifs is 2. The molecule has 0 bridgehead atoms. The fraction of sp³-hybridized carbons (Fsp3) is 0.409. The van der Waals surface area contributed by atoms with E-state index in [2.05, 4.69) is 32.0 Å². The van der Waals surface area contributed by atoms with Crippen molar-refractivity contribution in [1.29, 1.82) is 0 Å². The van der Waals surface area contributed by atoms with Gasteiger partial charge in [0.1, 0.15) is 11.4 Å². The minimum atomic E-state index is -0.507. The molecule has 7 heteroatoms. The molecule has 0 unspecified atom stereocenters. The average Bonchev–Trinajstić information content (AvgIpc) is 3.09. The average molecular weight is 455 g/mol. The Hall–Kier alpha value is -2.41. The largest absolute Gasteiger partial charge is 0.444 e. The first-order valence-electron chi connectivity index (χ1n) is 9.91. The Balaban J connectivity index is 1.42. The molecule has 0 spiro atoms. The van der Waals surface area contributed by atoms with Gasteiger partial charge in [-0.2, -0.15) is 0 Å². The number of amides is 1. The lowest BCUT2D eigenvalue weighted by Gasteiger charge is -2.29. The standard InChI is InChI=1S/C22H23BrN4O2/c1-22(2,3)29-21(28)27-18-9-13(18)10-19(27)20-24-11-17(26-20)16-6-4-12-8-14(23)5-7-15(12)25-16/h4-8,11,13,18-19H,9-10H2,1-3H3,(H,24,26)/t13-,18-,19+/m1/s1. The van der Waals surface area contributed by atoms with E-state index in [0.717, 1.165) is 45.4 Å². The van der Waals surface area contributed by atoms with Gasteiger partial charge in [0.25, 0.3) is 0 Å². The van der Waals surface area contributed by atoms with E-state index in [1.54, 1.807) is 6.20 Å². The van der Waals surface area contributed by atoms with Crippen molar-refractivity contribution in [3.63, 3.8) is 0 Å². The molecule has 2 aliphatic rings. The first-order valence-corrected chi connectivity index (χ1v) is 10.7. The second kappa shape index (κ2) is 6.55. The maximum absolute atomic E-state index is 12.8. The Bertz CT molecular complexity index is 1100. The number of nitrogens with one attached hydrogen (secondary N) is 1. The zero-order valence-electron chi connectivity index (χ0n) is 16.6. The number of benzene rings is 1. The Morgan fingerprint density at radius 2 is 2.07 bits per heavy atom. The van der Waals surface area contributed by atoms with Crippen LogP contribution in [-0.4, -0.2) is 37.6 Å². The molecule has 5 rings (SSSR count). The number of hydrogen-bond donors (Lipinski definition) is 1. The summed E-state index contributed by atoms with van der Waals surface area (Å²) < 4.78 is 6.68. The molecule has 1 aromatic carbocycles. The van der Waals surface area contributed by atoms with Gasteiger partial charge in [-0.1, -0.05) is 22.0 Å². The van der Waals surface area contributed by atoms with E-state index in [1.807, 2.05) is 49.9 Å². The molecule has 2 aromatic heterocycles. The molecular weight excluding hydrogens is 432 g/mol. The van der Waals surface area contributed by atoms with Crippen LogP contribution in [0.1, 0.15) is 45.5 Å². The molecule has 1 aliphatic heterocycles. The number of piperidine rings is 1. The molecule has 3 atom stereocenters. The number of carbonyl (C=O) groups is 1. The highest BCUT2D eigenvalue weighted by atomic mass is 79.9. The molecule has 29 heavy (non-hydrogen) atoms. The van der Waals surface area contributed by atoms with Crippen molar-refractivity contribution in [2.75, 3.05) is 0 Å². The van der Waals surface area contributed by atoms with Gasteiger partial charge in [-0.25, -0.2) is 14.8 Å². The van der Waals surface area contributed by atoms with Gasteiger partial charge in [-0.15, -0.1) is 0 Å². The summed E-state index contributed by atoms with van der Waals surface area (Å²) >= 11 is 3.49. The van der Waals surface area contributed by atoms with E-state index in [4.69, 9.17) is 9.72 Å². The predicted molar refractivity (Wildman–Crippen MR) is 114 cm³/mol. The molecule has 150 valence electrons. The molecule has 1 saturated heterocycles. The highest BCUT2D eigenvalue weighted by molar-refractivity contribution is 9.10. The maximum atomic E-state index is 12.8. The van der Waals surface area contributed by atoms with Crippen LogP contribution in [0.15, 0.2) is 41.0 Å². The van der Waals surface area contributed by atoms with Crippen molar-refractivity contribution in [3.05, 3.63) is 46.8 Å². The molecule has 1 amide bonds. The minimum absolute atomic E-state index is 0.0706. The normalized spacial score (nSPS) is 23.3. The molecule has 2 fully saturated rings. The molecule has 1 aliphatic carbocycles. The number of aromatic amines is 1. The van der Waals surface area contributed by atoms with E-state index in [9.17, 15) is 4.79 Å². The van der Waals surface area contributed by atoms with E-state index < -0.39 is 5.60 Å². The lowest BCUT2D eigenvalue weighted by molar-refractivity contribution is 0.0175. The van der Waals surface area contributed by atoms with Crippen LogP contribution in [0.25, 0.3) is 22.3 Å². The van der Waals surface area contributed by atoms with Gasteiger partial charge in [-0.05, 0) is 63.8 Å². The summed E-state index contributed by atoms with van der Waals surface area (Å²) in [6, 6.07) is 10.3. The van der Waals surface area contributed by atoms with Gasteiger partial charge in [-0.3, -0.25) is 4.90 Å². The lowest BCUT2D eigenvalue weighted by Crippen LogP contribution is -2.38. The van der Waals surface area contributed by atoms with Crippen molar-refractivity contribution in [1.82, 2.24) is 19.9 Å². The highest BCUT2D eigenvalue weighted by Crippen LogP contribution is 2.53. The first-order chi connectivity index (χ1) is 13.8. The Labute approximate surface area is 177 Å². The number of hydrogen-bond acceptors (Lipinski definition) is 4. The molecule has 3 heterocycles. The topological polar surface area (TPSA) is 71.1 Å². The van der Waals surface area contributed by atoms with Crippen LogP contribution >= 0.6 is 15.9 Å². The molecule has 0 radical (unpaired) electrons. The second-order valence-electron chi connectivity index (χ2n) is 8.92. The molecule has 1 saturated carbocycles. The number of ether oxygens (including phenoxy) is 1. The van der Waals surface area contributed by atoms with Gasteiger partial charge in [0.05, 0.1) is 29.1 Å². The fourth-order valence-corrected chi connectivity index (χ4v) is 4.54. The first kappa shape index (κ1) is 18.6. The molecular formula is C22H23BrN4O2. The van der Waals surface area contributed by atoms with Crippen LogP contribution in [-0.2, 0) is 4.74 Å². The van der Waals surface area contributed by atoms with Crippen LogP contribution < -0.4 is 0 Å². The van der Waals surface area contributed by atoms with Crippen molar-refractivity contribution in [2.24, 2.45) is 5.92 Å². The van der Waals surface area contributed by atoms with E-state index in [0.29, 0.717) is 5.92 Å². The summed E-state index contributed by atoms with van der Waals surface area (Å²) in [6.45, 7) is 5.69. The second-order valence-corrected chi connectivity index (χ2v) is 9.83. The van der Waals surface area contributed by atoms with Crippen molar-refractivity contribution < 1.29 is 9.53 Å². The summed E-state index contributed by atoms with van der Waals surface area (Å²) in [5, 5.41) is 1.08. The molecule has 1 N–H and O–H groups in total. The summed E-state index contributed by atoms with van der Waals surface area (Å²) in [7, 11) is 0. The van der Waals surface area contributed by atoms with Crippen LogP contribution in [0.2, 0.25) is 0 Å². The van der Waals surface area contributed by atoms with Gasteiger partial charge < -0.3 is 9.72 Å². The Kier molecular flexibility index (Phi) is 4.21. The zero-order valence-corrected chi connectivity index (χ0v) is 18.2. The van der Waals surface area contributed by atoms with Crippen molar-refractivity contribution >= 4 is 32.9 Å². The van der Waals surface area contributed by atoms with Crippen LogP contribution in [0.4, 0.5) is 4.79 Å². The van der Waals surface area contributed by atoms with Crippen LogP contribution in [0, 0.1) is 5.92 Å².